The van der Waals surface area contributed by atoms with E-state index in [4.69, 9.17) is 9.84 Å². The van der Waals surface area contributed by atoms with Crippen LogP contribution in [0.4, 0.5) is 4.79 Å². The highest BCUT2D eigenvalue weighted by atomic mass is 16.5. The zero-order chi connectivity index (χ0) is 21.1. The lowest BCUT2D eigenvalue weighted by Crippen LogP contribution is -2.52. The third kappa shape index (κ3) is 10.7. The Bertz CT molecular complexity index is 677. The summed E-state index contributed by atoms with van der Waals surface area (Å²) in [5, 5.41) is 22.8. The van der Waals surface area contributed by atoms with Gasteiger partial charge in [0, 0.05) is 6.42 Å². The van der Waals surface area contributed by atoms with E-state index >= 15 is 0 Å². The topological polar surface area (TPSA) is 142 Å². The number of hydrogen-bond acceptors (Lipinski definition) is 5. The maximum absolute atomic E-state index is 12.4. The van der Waals surface area contributed by atoms with Crippen LogP contribution in [0.2, 0.25) is 0 Å². The molecule has 0 aliphatic heterocycles. The van der Waals surface area contributed by atoms with Gasteiger partial charge >= 0.3 is 18.0 Å². The molecule has 0 aliphatic carbocycles. The summed E-state index contributed by atoms with van der Waals surface area (Å²) < 4.78 is 5.04. The summed E-state index contributed by atoms with van der Waals surface area (Å²) in [7, 11) is 0. The van der Waals surface area contributed by atoms with E-state index in [0.29, 0.717) is 0 Å². The Morgan fingerprint density at radius 2 is 1.62 bits per heavy atom. The van der Waals surface area contributed by atoms with Crippen LogP contribution in [0.1, 0.15) is 46.1 Å². The summed E-state index contributed by atoms with van der Waals surface area (Å²) in [5.74, 6) is -3.10. The first-order valence-corrected chi connectivity index (χ1v) is 8.91. The van der Waals surface area contributed by atoms with Crippen LogP contribution >= 0.6 is 0 Å². The molecule has 0 spiro atoms. The molecule has 9 heteroatoms. The summed E-state index contributed by atoms with van der Waals surface area (Å²) in [5.41, 5.74) is 0.743. The number of carbonyl (C=O) groups is 4. The molecule has 0 unspecified atom stereocenters. The molecule has 9 nitrogen and oxygen atoms in total. The minimum absolute atomic E-state index is 0. The van der Waals surface area contributed by atoms with Gasteiger partial charge < -0.3 is 25.6 Å². The Kier molecular flexibility index (Phi) is 11.7. The lowest BCUT2D eigenvalue weighted by Gasteiger charge is -2.22. The lowest BCUT2D eigenvalue weighted by molar-refractivity contribution is -0.143. The quantitative estimate of drug-likeness (QED) is 0.439. The number of hydrogen-bond donors (Lipinski definition) is 4. The number of aliphatic carboxylic acids is 2. The normalized spacial score (nSPS) is 12.2. The Labute approximate surface area is 170 Å². The molecule has 0 aromatic heterocycles. The molecule has 29 heavy (non-hydrogen) atoms. The molecule has 0 radical (unpaired) electrons. The number of nitrogens with one attached hydrogen (secondary N) is 2. The highest BCUT2D eigenvalue weighted by Gasteiger charge is 2.27. The van der Waals surface area contributed by atoms with Gasteiger partial charge in [0.05, 0.1) is 0 Å². The molecule has 1 aromatic carbocycles. The van der Waals surface area contributed by atoms with E-state index in [9.17, 15) is 24.3 Å². The number of carboxylic acid groups (broad SMARTS) is 2. The summed E-state index contributed by atoms with van der Waals surface area (Å²) in [6.45, 7) is 3.59. The van der Waals surface area contributed by atoms with Crippen molar-refractivity contribution in [2.24, 2.45) is 5.92 Å². The second kappa shape index (κ2) is 13.1. The zero-order valence-corrected chi connectivity index (χ0v) is 15.9. The standard InChI is InChI=1S/C19H26N2O7.CH4/c1-12(2)10-15(18(25)26)20-17(24)14(8-9-16(22)23)21-19(27)28-11-13-6-4-3-5-7-13;/h3-7,12,14-15H,8-11H2,1-2H3,(H,20,24)(H,21,27)(H,22,23)(H,25,26);1H4/t14-,15-;/m0./s1. The fraction of sp³-hybridized carbons (Fsp3) is 0.500. The number of rotatable bonds is 11. The Morgan fingerprint density at radius 1 is 1.00 bits per heavy atom. The minimum atomic E-state index is -1.23. The molecule has 1 aromatic rings. The van der Waals surface area contributed by atoms with Crippen molar-refractivity contribution in [1.29, 1.82) is 0 Å². The SMILES string of the molecule is C.CC(C)C[C@H](NC(=O)[C@H](CCC(=O)O)NC(=O)OCc1ccccc1)C(=O)O. The fourth-order valence-electron chi connectivity index (χ4n) is 2.41. The van der Waals surface area contributed by atoms with Gasteiger partial charge in [0.2, 0.25) is 5.91 Å². The average molecular weight is 410 g/mol. The van der Waals surface area contributed by atoms with Crippen molar-refractivity contribution in [3.05, 3.63) is 35.9 Å². The molecule has 0 aliphatic rings. The Balaban J connectivity index is 0.00000784. The summed E-state index contributed by atoms with van der Waals surface area (Å²) >= 11 is 0. The molecular weight excluding hydrogens is 380 g/mol. The predicted octanol–water partition coefficient (Wildman–Crippen LogP) is 2.40. The molecule has 0 heterocycles. The fourth-order valence-corrected chi connectivity index (χ4v) is 2.41. The average Bonchev–Trinajstić information content (AvgIpc) is 2.63. The van der Waals surface area contributed by atoms with Crippen molar-refractivity contribution in [2.75, 3.05) is 0 Å². The number of carboxylic acids is 2. The van der Waals surface area contributed by atoms with Crippen LogP contribution in [-0.4, -0.2) is 46.2 Å². The van der Waals surface area contributed by atoms with E-state index in [1.165, 1.54) is 0 Å². The van der Waals surface area contributed by atoms with Gasteiger partial charge in [-0.2, -0.15) is 0 Å². The molecule has 4 N–H and O–H groups in total. The van der Waals surface area contributed by atoms with Gasteiger partial charge in [0.1, 0.15) is 18.7 Å². The number of ether oxygens (including phenoxy) is 1. The smallest absolute Gasteiger partial charge is 0.408 e. The van der Waals surface area contributed by atoms with E-state index in [1.807, 2.05) is 19.9 Å². The first-order valence-electron chi connectivity index (χ1n) is 8.91. The minimum Gasteiger partial charge on any atom is -0.481 e. The Hall–Kier alpha value is -3.10. The van der Waals surface area contributed by atoms with Gasteiger partial charge in [-0.25, -0.2) is 9.59 Å². The van der Waals surface area contributed by atoms with Crippen LogP contribution < -0.4 is 10.6 Å². The van der Waals surface area contributed by atoms with Crippen molar-refractivity contribution in [1.82, 2.24) is 10.6 Å². The van der Waals surface area contributed by atoms with E-state index in [-0.39, 0.29) is 39.2 Å². The van der Waals surface area contributed by atoms with Gasteiger partial charge in [-0.1, -0.05) is 51.6 Å². The monoisotopic (exact) mass is 410 g/mol. The van der Waals surface area contributed by atoms with Crippen molar-refractivity contribution in [3.8, 4) is 0 Å². The zero-order valence-electron chi connectivity index (χ0n) is 15.9. The largest absolute Gasteiger partial charge is 0.481 e. The van der Waals surface area contributed by atoms with Crippen LogP contribution in [0.25, 0.3) is 0 Å². The van der Waals surface area contributed by atoms with Crippen LogP contribution in [0.3, 0.4) is 0 Å². The van der Waals surface area contributed by atoms with E-state index in [2.05, 4.69) is 10.6 Å². The summed E-state index contributed by atoms with van der Waals surface area (Å²) in [6.07, 6.45) is -1.27. The molecule has 0 bridgehead atoms. The van der Waals surface area contributed by atoms with Crippen LogP contribution in [0.15, 0.2) is 30.3 Å². The molecular formula is C20H30N2O7. The summed E-state index contributed by atoms with van der Waals surface area (Å²) in [4.78, 5) is 46.6. The summed E-state index contributed by atoms with van der Waals surface area (Å²) in [6, 6.07) is 6.51. The second-order valence-corrected chi connectivity index (χ2v) is 6.72. The van der Waals surface area contributed by atoms with Crippen LogP contribution in [0.5, 0.6) is 0 Å². The van der Waals surface area contributed by atoms with Gasteiger partial charge in [-0.3, -0.25) is 9.59 Å². The van der Waals surface area contributed by atoms with Gasteiger partial charge in [-0.05, 0) is 24.3 Å². The molecule has 2 atom stereocenters. The molecule has 1 rings (SSSR count). The van der Waals surface area contributed by atoms with E-state index in [0.717, 1.165) is 5.56 Å². The van der Waals surface area contributed by atoms with Gasteiger partial charge in [0.25, 0.3) is 0 Å². The second-order valence-electron chi connectivity index (χ2n) is 6.72. The third-order valence-electron chi connectivity index (χ3n) is 3.79. The van der Waals surface area contributed by atoms with E-state index < -0.39 is 36.0 Å². The van der Waals surface area contributed by atoms with Crippen molar-refractivity contribution < 1.29 is 34.1 Å². The predicted molar refractivity (Wildman–Crippen MR) is 106 cm³/mol. The number of benzene rings is 1. The van der Waals surface area contributed by atoms with Crippen molar-refractivity contribution >= 4 is 23.9 Å². The molecule has 0 fully saturated rings. The number of carbonyl (C=O) groups excluding carboxylic acids is 2. The highest BCUT2D eigenvalue weighted by Crippen LogP contribution is 2.07. The molecule has 2 amide bonds. The first kappa shape index (κ1) is 25.9. The van der Waals surface area contributed by atoms with Crippen molar-refractivity contribution in [3.63, 3.8) is 0 Å². The number of amides is 2. The first-order chi connectivity index (χ1) is 13.2. The Morgan fingerprint density at radius 3 is 2.14 bits per heavy atom. The maximum Gasteiger partial charge on any atom is 0.408 e. The van der Waals surface area contributed by atoms with Crippen LogP contribution in [0, 0.1) is 5.92 Å². The molecule has 0 saturated carbocycles. The molecule has 162 valence electrons. The highest BCUT2D eigenvalue weighted by molar-refractivity contribution is 5.89. The van der Waals surface area contributed by atoms with Gasteiger partial charge in [0.15, 0.2) is 0 Å². The number of alkyl carbamates (subject to hydrolysis) is 1. The van der Waals surface area contributed by atoms with Crippen molar-refractivity contribution in [2.45, 2.75) is 59.2 Å². The molecule has 0 saturated heterocycles. The van der Waals surface area contributed by atoms with Gasteiger partial charge in [-0.15, -0.1) is 0 Å². The maximum atomic E-state index is 12.4. The lowest BCUT2D eigenvalue weighted by atomic mass is 10.0. The van der Waals surface area contributed by atoms with Crippen LogP contribution in [-0.2, 0) is 25.7 Å². The van der Waals surface area contributed by atoms with E-state index in [1.54, 1.807) is 24.3 Å². The third-order valence-corrected chi connectivity index (χ3v) is 3.79.